The van der Waals surface area contributed by atoms with Crippen molar-refractivity contribution in [2.75, 3.05) is 0 Å². The van der Waals surface area contributed by atoms with Crippen LogP contribution in [0.1, 0.15) is 12.8 Å². The molecule has 1 fully saturated rings. The maximum absolute atomic E-state index is 11.3. The molecule has 2 rings (SSSR count). The van der Waals surface area contributed by atoms with Gasteiger partial charge in [0.05, 0.1) is 0 Å². The van der Waals surface area contributed by atoms with E-state index in [9.17, 15) is 9.59 Å². The van der Waals surface area contributed by atoms with Gasteiger partial charge in [-0.2, -0.15) is 0 Å². The van der Waals surface area contributed by atoms with Crippen molar-refractivity contribution in [3.05, 3.63) is 30.3 Å². The monoisotopic (exact) mass is 255 g/mol. The van der Waals surface area contributed by atoms with E-state index in [-0.39, 0.29) is 27.0 Å². The zero-order chi connectivity index (χ0) is 9.97. The average Bonchev–Trinajstić information content (AvgIpc) is 2.51. The van der Waals surface area contributed by atoms with Crippen LogP contribution in [0.5, 0.6) is 0 Å². The molecule has 0 N–H and O–H groups in total. The Bertz CT molecular complexity index is 348. The summed E-state index contributed by atoms with van der Waals surface area (Å²) < 4.78 is 2.45. The van der Waals surface area contributed by atoms with Crippen molar-refractivity contribution in [2.45, 2.75) is 12.8 Å². The fraction of sp³-hybridized carbons (Fsp3) is 0.200. The van der Waals surface area contributed by atoms with Crippen molar-refractivity contribution in [2.24, 2.45) is 0 Å². The van der Waals surface area contributed by atoms with E-state index in [4.69, 9.17) is 0 Å². The fourth-order valence-corrected chi connectivity index (χ4v) is 3.08. The molecule has 1 heterocycles. The first-order valence-electron chi connectivity index (χ1n) is 4.36. The van der Waals surface area contributed by atoms with Crippen LogP contribution in [0.15, 0.2) is 30.3 Å². The normalized spacial score (nSPS) is 16.4. The Morgan fingerprint density at radius 3 is 2.14 bits per heavy atom. The summed E-state index contributed by atoms with van der Waals surface area (Å²) in [6.07, 6.45) is 0.765. The molecule has 0 saturated carbocycles. The van der Waals surface area contributed by atoms with E-state index >= 15 is 0 Å². The Balaban J connectivity index is 2.11. The third-order valence-corrected chi connectivity index (χ3v) is 4.20. The molecule has 72 valence electrons. The number of carbonyl (C=O) groups is 2. The van der Waals surface area contributed by atoms with E-state index < -0.39 is 0 Å². The van der Waals surface area contributed by atoms with Gasteiger partial charge in [-0.25, -0.2) is 0 Å². The van der Waals surface area contributed by atoms with Crippen LogP contribution in [-0.2, 0) is 9.59 Å². The molecule has 0 aromatic heterocycles. The molecule has 1 aliphatic heterocycles. The third kappa shape index (κ3) is 1.86. The summed E-state index contributed by atoms with van der Waals surface area (Å²) in [6.45, 7) is 0. The summed E-state index contributed by atoms with van der Waals surface area (Å²) in [5.41, 5.74) is 0. The summed E-state index contributed by atoms with van der Waals surface area (Å²) in [5, 5.41) is 0. The van der Waals surface area contributed by atoms with Gasteiger partial charge in [0.1, 0.15) is 0 Å². The predicted octanol–water partition coefficient (Wildman–Crippen LogP) is 0.0801. The second-order valence-electron chi connectivity index (χ2n) is 2.99. The number of benzene rings is 1. The van der Waals surface area contributed by atoms with Crippen LogP contribution >= 0.6 is 0 Å². The second kappa shape index (κ2) is 3.94. The Hall–Kier alpha value is -1.12. The van der Waals surface area contributed by atoms with Crippen molar-refractivity contribution in [3.8, 4) is 0 Å². The Kier molecular flexibility index (Phi) is 2.66. The zero-order valence-electron chi connectivity index (χ0n) is 7.47. The molecular weight excluding hydrogens is 245 g/mol. The first-order chi connectivity index (χ1) is 6.77. The van der Waals surface area contributed by atoms with Gasteiger partial charge in [0.2, 0.25) is 0 Å². The molecule has 2 amide bonds. The topological polar surface area (TPSA) is 37.4 Å². The van der Waals surface area contributed by atoms with Crippen molar-refractivity contribution in [1.29, 1.82) is 0 Å². The van der Waals surface area contributed by atoms with Crippen molar-refractivity contribution in [3.63, 3.8) is 0 Å². The van der Waals surface area contributed by atoms with E-state index in [0.29, 0.717) is 12.8 Å². The first-order valence-corrected chi connectivity index (χ1v) is 5.98. The van der Waals surface area contributed by atoms with Crippen molar-refractivity contribution in [1.82, 2.24) is 3.92 Å². The maximum atomic E-state index is 11.3. The number of rotatable bonds is 2. The van der Waals surface area contributed by atoms with E-state index in [1.165, 1.54) is 3.92 Å². The van der Waals surface area contributed by atoms with E-state index in [1.54, 1.807) is 0 Å². The molecule has 1 aromatic carbocycles. The molecule has 14 heavy (non-hydrogen) atoms. The molecule has 3 nitrogen and oxygen atoms in total. The fourth-order valence-electron chi connectivity index (χ4n) is 1.24. The van der Waals surface area contributed by atoms with Gasteiger partial charge in [-0.15, -0.1) is 0 Å². The number of hydrogen-bond donors (Lipinski definition) is 0. The Labute approximate surface area is 88.5 Å². The Morgan fingerprint density at radius 1 is 1.00 bits per heavy atom. The summed E-state index contributed by atoms with van der Waals surface area (Å²) >= 11 is -0.175. The first kappa shape index (κ1) is 9.44. The van der Waals surface area contributed by atoms with Crippen LogP contribution in [0.2, 0.25) is 0 Å². The van der Waals surface area contributed by atoms with Crippen LogP contribution in [0.3, 0.4) is 0 Å². The molecule has 0 unspecified atom stereocenters. The molecule has 1 aliphatic rings. The summed E-state index contributed by atoms with van der Waals surface area (Å²) in [5.74, 6) is -0.0577. The zero-order valence-corrected chi connectivity index (χ0v) is 9.19. The molecule has 0 atom stereocenters. The van der Waals surface area contributed by atoms with E-state index in [0.717, 1.165) is 4.46 Å². The summed E-state index contributed by atoms with van der Waals surface area (Å²) in [7, 11) is 0. The van der Waals surface area contributed by atoms with Gasteiger partial charge in [0.25, 0.3) is 0 Å². The van der Waals surface area contributed by atoms with Gasteiger partial charge in [-0.3, -0.25) is 0 Å². The number of hydrogen-bond acceptors (Lipinski definition) is 2. The molecular formula is C10H9NO2Se. The second-order valence-corrected chi connectivity index (χ2v) is 5.12. The standard InChI is InChI=1S/C10H9NO2Se/c12-9-6-7-10(13)11(9)14-8-4-2-1-3-5-8/h1-5H,6-7H2. The minimum absolute atomic E-state index is 0.0288. The summed E-state index contributed by atoms with van der Waals surface area (Å²) in [6, 6.07) is 9.65. The molecule has 1 saturated heterocycles. The molecule has 0 spiro atoms. The van der Waals surface area contributed by atoms with Gasteiger partial charge < -0.3 is 0 Å². The number of amides is 2. The van der Waals surface area contributed by atoms with Crippen LogP contribution in [0.4, 0.5) is 0 Å². The van der Waals surface area contributed by atoms with Crippen LogP contribution in [0.25, 0.3) is 0 Å². The van der Waals surface area contributed by atoms with Crippen LogP contribution < -0.4 is 4.46 Å². The van der Waals surface area contributed by atoms with Crippen LogP contribution in [-0.4, -0.2) is 30.9 Å². The SMILES string of the molecule is O=C1CCC(=O)N1[Se]c1ccccc1. The Morgan fingerprint density at radius 2 is 1.57 bits per heavy atom. The average molecular weight is 254 g/mol. The van der Waals surface area contributed by atoms with E-state index in [1.807, 2.05) is 30.3 Å². The van der Waals surface area contributed by atoms with Gasteiger partial charge in [-0.1, -0.05) is 0 Å². The molecule has 1 aromatic rings. The molecule has 0 radical (unpaired) electrons. The van der Waals surface area contributed by atoms with E-state index in [2.05, 4.69) is 0 Å². The number of imide groups is 1. The van der Waals surface area contributed by atoms with Gasteiger partial charge in [0, 0.05) is 0 Å². The number of nitrogens with zero attached hydrogens (tertiary/aromatic N) is 1. The molecule has 4 heteroatoms. The third-order valence-electron chi connectivity index (χ3n) is 1.95. The number of carbonyl (C=O) groups excluding carboxylic acids is 2. The predicted molar refractivity (Wildman–Crippen MR) is 52.9 cm³/mol. The summed E-state index contributed by atoms with van der Waals surface area (Å²) in [4.78, 5) is 22.6. The minimum atomic E-state index is -0.175. The van der Waals surface area contributed by atoms with Crippen LogP contribution in [0, 0.1) is 0 Å². The van der Waals surface area contributed by atoms with Gasteiger partial charge in [0.15, 0.2) is 0 Å². The van der Waals surface area contributed by atoms with Crippen molar-refractivity contribution >= 4 is 31.5 Å². The van der Waals surface area contributed by atoms with Gasteiger partial charge in [-0.05, 0) is 0 Å². The molecule has 0 aliphatic carbocycles. The molecule has 0 bridgehead atoms. The van der Waals surface area contributed by atoms with Crippen molar-refractivity contribution < 1.29 is 9.59 Å². The van der Waals surface area contributed by atoms with Gasteiger partial charge >= 0.3 is 88.1 Å². The quantitative estimate of drug-likeness (QED) is 0.553.